The number of aliphatic imine (C=N–C) groups is 1. The number of hydrogen-bond donors (Lipinski definition) is 2. The molecule has 0 fully saturated rings. The quantitative estimate of drug-likeness (QED) is 0.290. The Balaban J connectivity index is 2.90. The van der Waals surface area contributed by atoms with Crippen LogP contribution in [0.15, 0.2) is 27.7 Å². The summed E-state index contributed by atoms with van der Waals surface area (Å²) in [5.41, 5.74) is 3.19. The first-order chi connectivity index (χ1) is 7.69. The van der Waals surface area contributed by atoms with E-state index >= 15 is 0 Å². The van der Waals surface area contributed by atoms with E-state index in [1.165, 1.54) is 12.1 Å². The number of halogens is 2. The van der Waals surface area contributed by atoms with Gasteiger partial charge in [0.1, 0.15) is 11.7 Å². The lowest BCUT2D eigenvalue weighted by molar-refractivity contribution is 0.208. The summed E-state index contributed by atoms with van der Waals surface area (Å²) in [6.07, 6.45) is 0. The smallest absolute Gasteiger partial charge is 0.143 e. The lowest BCUT2D eigenvalue weighted by Crippen LogP contribution is -2.31. The summed E-state index contributed by atoms with van der Waals surface area (Å²) in [4.78, 5) is 4.20. The van der Waals surface area contributed by atoms with Crippen LogP contribution >= 0.6 is 15.9 Å². The Labute approximate surface area is 102 Å². The van der Waals surface area contributed by atoms with Gasteiger partial charge in [0.2, 0.25) is 0 Å². The highest BCUT2D eigenvalue weighted by Crippen LogP contribution is 2.18. The van der Waals surface area contributed by atoms with Gasteiger partial charge in [-0.1, -0.05) is 0 Å². The van der Waals surface area contributed by atoms with Crippen LogP contribution in [0.4, 0.5) is 4.39 Å². The molecule has 0 aliphatic rings. The molecule has 1 rings (SSSR count). The van der Waals surface area contributed by atoms with Gasteiger partial charge in [-0.05, 0) is 34.1 Å². The van der Waals surface area contributed by atoms with Crippen molar-refractivity contribution in [2.45, 2.75) is 0 Å². The summed E-state index contributed by atoms with van der Waals surface area (Å²) in [5.74, 6) is 5.53. The van der Waals surface area contributed by atoms with Crippen LogP contribution in [0.25, 0.3) is 0 Å². The molecule has 0 heterocycles. The highest BCUT2D eigenvalue weighted by Gasteiger charge is 2.07. The summed E-state index contributed by atoms with van der Waals surface area (Å²) in [7, 11) is 1.60. The standard InChI is InChI=1S/C10H13BrFN3O/c1-16-5-4-14-10(15-13)8-3-2-7(12)6-9(8)11/h2-3,6H,4-5,13H2,1H3,(H,14,15). The summed E-state index contributed by atoms with van der Waals surface area (Å²) < 4.78 is 18.4. The molecule has 0 saturated heterocycles. The number of hydrazine groups is 1. The fourth-order valence-corrected chi connectivity index (χ4v) is 1.68. The lowest BCUT2D eigenvalue weighted by atomic mass is 10.2. The van der Waals surface area contributed by atoms with Crippen molar-refractivity contribution in [2.75, 3.05) is 20.3 Å². The van der Waals surface area contributed by atoms with Gasteiger partial charge in [-0.2, -0.15) is 0 Å². The molecular weight excluding hydrogens is 277 g/mol. The van der Waals surface area contributed by atoms with Crippen molar-refractivity contribution in [1.82, 2.24) is 5.43 Å². The number of nitrogens with one attached hydrogen (secondary N) is 1. The SMILES string of the molecule is COCCN=C(NN)c1ccc(F)cc1Br. The number of hydrogen-bond acceptors (Lipinski definition) is 3. The summed E-state index contributed by atoms with van der Waals surface area (Å²) in [6, 6.07) is 4.31. The monoisotopic (exact) mass is 289 g/mol. The number of ether oxygens (including phenoxy) is 1. The maximum Gasteiger partial charge on any atom is 0.143 e. The zero-order valence-corrected chi connectivity index (χ0v) is 10.4. The van der Waals surface area contributed by atoms with Gasteiger partial charge in [-0.25, -0.2) is 10.2 Å². The van der Waals surface area contributed by atoms with Crippen molar-refractivity contribution in [3.05, 3.63) is 34.1 Å². The normalized spacial score (nSPS) is 11.6. The van der Waals surface area contributed by atoms with E-state index in [1.54, 1.807) is 13.2 Å². The minimum absolute atomic E-state index is 0.316. The van der Waals surface area contributed by atoms with Crippen molar-refractivity contribution in [3.8, 4) is 0 Å². The third-order valence-corrected chi connectivity index (χ3v) is 2.54. The average Bonchev–Trinajstić information content (AvgIpc) is 2.26. The number of benzene rings is 1. The number of amidine groups is 1. The first-order valence-electron chi connectivity index (χ1n) is 4.64. The molecule has 0 unspecified atom stereocenters. The third kappa shape index (κ3) is 3.55. The Hall–Kier alpha value is -0.980. The highest BCUT2D eigenvalue weighted by molar-refractivity contribution is 9.10. The summed E-state index contributed by atoms with van der Waals surface area (Å²) in [5, 5.41) is 0. The molecule has 0 radical (unpaired) electrons. The van der Waals surface area contributed by atoms with Crippen LogP contribution in [-0.2, 0) is 4.74 Å². The van der Waals surface area contributed by atoms with Crippen molar-refractivity contribution >= 4 is 21.8 Å². The second kappa shape index (κ2) is 6.57. The molecule has 88 valence electrons. The van der Waals surface area contributed by atoms with E-state index < -0.39 is 0 Å². The molecular formula is C10H13BrFN3O. The molecule has 6 heteroatoms. The van der Waals surface area contributed by atoms with E-state index in [0.29, 0.717) is 29.0 Å². The Bertz CT molecular complexity index is 384. The minimum atomic E-state index is -0.316. The van der Waals surface area contributed by atoms with Crippen LogP contribution in [0.5, 0.6) is 0 Å². The Kier molecular flexibility index (Phi) is 5.37. The van der Waals surface area contributed by atoms with E-state index in [-0.39, 0.29) is 5.82 Å². The fourth-order valence-electron chi connectivity index (χ4n) is 1.14. The van der Waals surface area contributed by atoms with Crippen LogP contribution in [0, 0.1) is 5.82 Å². The molecule has 0 atom stereocenters. The molecule has 3 N–H and O–H groups in total. The molecule has 0 aromatic heterocycles. The molecule has 0 aliphatic heterocycles. The maximum atomic E-state index is 12.9. The molecule has 0 amide bonds. The first-order valence-corrected chi connectivity index (χ1v) is 5.43. The molecule has 16 heavy (non-hydrogen) atoms. The molecule has 0 bridgehead atoms. The summed E-state index contributed by atoms with van der Waals surface area (Å²) in [6.45, 7) is 0.990. The second-order valence-corrected chi connectivity index (χ2v) is 3.85. The molecule has 1 aromatic carbocycles. The van der Waals surface area contributed by atoms with Crippen LogP contribution in [0.1, 0.15) is 5.56 Å². The van der Waals surface area contributed by atoms with Gasteiger partial charge in [-0.15, -0.1) is 0 Å². The maximum absolute atomic E-state index is 12.9. The third-order valence-electron chi connectivity index (χ3n) is 1.89. The van der Waals surface area contributed by atoms with Gasteiger partial charge < -0.3 is 10.2 Å². The predicted octanol–water partition coefficient (Wildman–Crippen LogP) is 1.44. The molecule has 0 aliphatic carbocycles. The van der Waals surface area contributed by atoms with Crippen LogP contribution in [-0.4, -0.2) is 26.1 Å². The Morgan fingerprint density at radius 2 is 2.38 bits per heavy atom. The molecule has 0 saturated carbocycles. The second-order valence-electron chi connectivity index (χ2n) is 2.99. The Morgan fingerprint density at radius 3 is 2.94 bits per heavy atom. The van der Waals surface area contributed by atoms with Crippen molar-refractivity contribution in [3.63, 3.8) is 0 Å². The molecule has 4 nitrogen and oxygen atoms in total. The predicted molar refractivity (Wildman–Crippen MR) is 64.7 cm³/mol. The van der Waals surface area contributed by atoms with E-state index in [0.717, 1.165) is 0 Å². The highest BCUT2D eigenvalue weighted by atomic mass is 79.9. The van der Waals surface area contributed by atoms with Crippen LogP contribution < -0.4 is 11.3 Å². The van der Waals surface area contributed by atoms with Gasteiger partial charge in [0, 0.05) is 17.1 Å². The van der Waals surface area contributed by atoms with Crippen molar-refractivity contribution in [1.29, 1.82) is 0 Å². The first kappa shape index (κ1) is 13.1. The number of nitrogens with two attached hydrogens (primary N) is 1. The van der Waals surface area contributed by atoms with Gasteiger partial charge >= 0.3 is 0 Å². The largest absolute Gasteiger partial charge is 0.383 e. The Morgan fingerprint density at radius 1 is 1.62 bits per heavy atom. The minimum Gasteiger partial charge on any atom is -0.383 e. The van der Waals surface area contributed by atoms with E-state index in [9.17, 15) is 4.39 Å². The molecule has 1 aromatic rings. The average molecular weight is 290 g/mol. The fraction of sp³-hybridized carbons (Fsp3) is 0.300. The van der Waals surface area contributed by atoms with Gasteiger partial charge in [0.15, 0.2) is 0 Å². The summed E-state index contributed by atoms with van der Waals surface area (Å²) >= 11 is 3.25. The zero-order chi connectivity index (χ0) is 12.0. The van der Waals surface area contributed by atoms with Crippen LogP contribution in [0.2, 0.25) is 0 Å². The van der Waals surface area contributed by atoms with Gasteiger partial charge in [0.05, 0.1) is 13.2 Å². The van der Waals surface area contributed by atoms with Crippen molar-refractivity contribution < 1.29 is 9.13 Å². The number of methoxy groups -OCH3 is 1. The zero-order valence-electron chi connectivity index (χ0n) is 8.84. The van der Waals surface area contributed by atoms with Gasteiger partial charge in [-0.3, -0.25) is 4.99 Å². The van der Waals surface area contributed by atoms with Crippen molar-refractivity contribution in [2.24, 2.45) is 10.8 Å². The lowest BCUT2D eigenvalue weighted by Gasteiger charge is -2.08. The molecule has 0 spiro atoms. The topological polar surface area (TPSA) is 59.6 Å². The van der Waals surface area contributed by atoms with Crippen LogP contribution in [0.3, 0.4) is 0 Å². The van der Waals surface area contributed by atoms with E-state index in [4.69, 9.17) is 10.6 Å². The number of rotatable bonds is 4. The van der Waals surface area contributed by atoms with E-state index in [2.05, 4.69) is 26.3 Å². The number of nitrogens with zero attached hydrogens (tertiary/aromatic N) is 1. The van der Waals surface area contributed by atoms with E-state index in [1.807, 2.05) is 0 Å². The van der Waals surface area contributed by atoms with Gasteiger partial charge in [0.25, 0.3) is 0 Å².